The van der Waals surface area contributed by atoms with Gasteiger partial charge < -0.3 is 5.32 Å². The topological polar surface area (TPSA) is 54.9 Å². The van der Waals surface area contributed by atoms with Crippen molar-refractivity contribution < 1.29 is 4.79 Å². The number of hydrogen-bond donors (Lipinski definition) is 1. The second kappa shape index (κ2) is 6.15. The molecule has 1 aliphatic rings. The Bertz CT molecular complexity index is 887. The van der Waals surface area contributed by atoms with Crippen LogP contribution in [0.2, 0.25) is 5.02 Å². The number of nitrogens with zero attached hydrogens (tertiary/aromatic N) is 2. The maximum absolute atomic E-state index is 12.8. The molecular formula is C18H16ClN3OS. The van der Waals surface area contributed by atoms with Crippen LogP contribution in [-0.2, 0) is 16.8 Å². The molecule has 1 amide bonds. The molecule has 2 aromatic carbocycles. The van der Waals surface area contributed by atoms with Gasteiger partial charge in [-0.1, -0.05) is 36.2 Å². The minimum Gasteiger partial charge on any atom is -0.351 e. The predicted molar refractivity (Wildman–Crippen MR) is 96.2 cm³/mol. The molecule has 0 spiro atoms. The molecule has 4 nitrogen and oxygen atoms in total. The lowest BCUT2D eigenvalue weighted by Crippen LogP contribution is -2.48. The summed E-state index contributed by atoms with van der Waals surface area (Å²) < 4.78 is 8.44. The Kier molecular flexibility index (Phi) is 3.98. The number of nitrogens with one attached hydrogen (secondary N) is 1. The summed E-state index contributed by atoms with van der Waals surface area (Å²) in [5.41, 5.74) is 3.45. The van der Waals surface area contributed by atoms with Gasteiger partial charge in [0, 0.05) is 11.6 Å². The maximum Gasteiger partial charge on any atom is 0.230 e. The van der Waals surface area contributed by atoms with E-state index in [-0.39, 0.29) is 5.91 Å². The van der Waals surface area contributed by atoms with Crippen LogP contribution in [0, 0.1) is 0 Å². The third kappa shape index (κ3) is 2.68. The van der Waals surface area contributed by atoms with E-state index in [1.54, 1.807) is 0 Å². The summed E-state index contributed by atoms with van der Waals surface area (Å²) in [7, 11) is 0. The summed E-state index contributed by atoms with van der Waals surface area (Å²) in [6.07, 6.45) is 2.84. The van der Waals surface area contributed by atoms with E-state index >= 15 is 0 Å². The average Bonchev–Trinajstić information content (AvgIpc) is 3.01. The van der Waals surface area contributed by atoms with Gasteiger partial charge in [-0.15, -0.1) is 0 Å². The second-order valence-corrected chi connectivity index (χ2v) is 7.18. The lowest BCUT2D eigenvalue weighted by atomic mass is 9.64. The third-order valence-corrected chi connectivity index (χ3v) is 5.62. The molecule has 3 aromatic rings. The highest BCUT2D eigenvalue weighted by molar-refractivity contribution is 7.00. The Morgan fingerprint density at radius 3 is 2.58 bits per heavy atom. The van der Waals surface area contributed by atoms with Crippen molar-refractivity contribution in [3.63, 3.8) is 0 Å². The molecule has 1 aromatic heterocycles. The van der Waals surface area contributed by atoms with E-state index in [0.29, 0.717) is 11.6 Å². The van der Waals surface area contributed by atoms with E-state index in [2.05, 4.69) is 14.1 Å². The van der Waals surface area contributed by atoms with Crippen LogP contribution >= 0.6 is 23.3 Å². The average molecular weight is 358 g/mol. The molecule has 0 unspecified atom stereocenters. The Morgan fingerprint density at radius 2 is 1.88 bits per heavy atom. The van der Waals surface area contributed by atoms with Gasteiger partial charge in [0.1, 0.15) is 11.0 Å². The standard InChI is InChI=1S/C18H16ClN3OS/c19-14-5-3-13(4-6-14)18(8-1-9-18)17(23)20-11-12-2-7-15-16(10-12)22-24-21-15/h2-7,10H,1,8-9,11H2,(H,20,23). The molecule has 0 saturated heterocycles. The molecule has 0 atom stereocenters. The normalized spacial score (nSPS) is 15.9. The van der Waals surface area contributed by atoms with E-state index in [4.69, 9.17) is 11.6 Å². The van der Waals surface area contributed by atoms with Gasteiger partial charge in [0.2, 0.25) is 5.91 Å². The molecule has 1 heterocycles. The maximum atomic E-state index is 12.8. The molecule has 6 heteroatoms. The summed E-state index contributed by atoms with van der Waals surface area (Å²) in [4.78, 5) is 12.8. The molecule has 1 aliphatic carbocycles. The molecule has 24 heavy (non-hydrogen) atoms. The minimum atomic E-state index is -0.406. The highest BCUT2D eigenvalue weighted by atomic mass is 35.5. The summed E-state index contributed by atoms with van der Waals surface area (Å²) >= 11 is 7.17. The summed E-state index contributed by atoms with van der Waals surface area (Å²) in [5.74, 6) is 0.0903. The van der Waals surface area contributed by atoms with Crippen molar-refractivity contribution in [2.24, 2.45) is 0 Å². The van der Waals surface area contributed by atoms with Gasteiger partial charge >= 0.3 is 0 Å². The van der Waals surface area contributed by atoms with Crippen LogP contribution in [0.15, 0.2) is 42.5 Å². The fraction of sp³-hybridized carbons (Fsp3) is 0.278. The lowest BCUT2D eigenvalue weighted by molar-refractivity contribution is -0.130. The molecule has 0 bridgehead atoms. The van der Waals surface area contributed by atoms with Crippen molar-refractivity contribution in [1.82, 2.24) is 14.1 Å². The number of hydrogen-bond acceptors (Lipinski definition) is 4. The van der Waals surface area contributed by atoms with Crippen LogP contribution < -0.4 is 5.32 Å². The smallest absolute Gasteiger partial charge is 0.230 e. The number of carbonyl (C=O) groups is 1. The van der Waals surface area contributed by atoms with Gasteiger partial charge in [0.15, 0.2) is 0 Å². The van der Waals surface area contributed by atoms with E-state index < -0.39 is 5.41 Å². The van der Waals surface area contributed by atoms with Crippen LogP contribution in [0.5, 0.6) is 0 Å². The first kappa shape index (κ1) is 15.5. The van der Waals surface area contributed by atoms with Crippen molar-refractivity contribution in [1.29, 1.82) is 0 Å². The molecule has 0 aliphatic heterocycles. The van der Waals surface area contributed by atoms with Crippen molar-refractivity contribution in [2.75, 3.05) is 0 Å². The molecular weight excluding hydrogens is 342 g/mol. The minimum absolute atomic E-state index is 0.0903. The quantitative estimate of drug-likeness (QED) is 0.765. The first-order valence-corrected chi connectivity index (χ1v) is 9.04. The van der Waals surface area contributed by atoms with Crippen molar-refractivity contribution in [2.45, 2.75) is 31.2 Å². The summed E-state index contributed by atoms with van der Waals surface area (Å²) in [5, 5.41) is 3.79. The Labute approximate surface area is 149 Å². The highest BCUT2D eigenvalue weighted by Crippen LogP contribution is 2.44. The van der Waals surface area contributed by atoms with Crippen LogP contribution in [0.1, 0.15) is 30.4 Å². The van der Waals surface area contributed by atoms with E-state index in [1.165, 1.54) is 11.7 Å². The number of rotatable bonds is 4. The number of carbonyl (C=O) groups excluding carboxylic acids is 1. The van der Waals surface area contributed by atoms with Crippen LogP contribution in [0.4, 0.5) is 0 Å². The molecule has 1 N–H and O–H groups in total. The van der Waals surface area contributed by atoms with Crippen LogP contribution in [-0.4, -0.2) is 14.7 Å². The van der Waals surface area contributed by atoms with Crippen LogP contribution in [0.3, 0.4) is 0 Å². The number of fused-ring (bicyclic) bond motifs is 1. The Balaban J connectivity index is 1.50. The second-order valence-electron chi connectivity index (χ2n) is 6.21. The van der Waals surface area contributed by atoms with Gasteiger partial charge in [-0.3, -0.25) is 4.79 Å². The molecule has 122 valence electrons. The van der Waals surface area contributed by atoms with Crippen molar-refractivity contribution in [3.8, 4) is 0 Å². The Hall–Kier alpha value is -1.98. The zero-order valence-electron chi connectivity index (χ0n) is 13.0. The van der Waals surface area contributed by atoms with E-state index in [9.17, 15) is 4.79 Å². The fourth-order valence-corrected chi connectivity index (χ4v) is 3.88. The van der Waals surface area contributed by atoms with Gasteiger partial charge in [0.05, 0.1) is 17.1 Å². The van der Waals surface area contributed by atoms with Crippen LogP contribution in [0.25, 0.3) is 11.0 Å². The molecule has 1 saturated carbocycles. The van der Waals surface area contributed by atoms with Gasteiger partial charge in [-0.2, -0.15) is 8.75 Å². The van der Waals surface area contributed by atoms with E-state index in [0.717, 1.165) is 41.4 Å². The van der Waals surface area contributed by atoms with Crippen molar-refractivity contribution >= 4 is 40.3 Å². The lowest BCUT2D eigenvalue weighted by Gasteiger charge is -2.40. The zero-order chi connectivity index (χ0) is 16.6. The third-order valence-electron chi connectivity index (χ3n) is 4.81. The monoisotopic (exact) mass is 357 g/mol. The number of amides is 1. The van der Waals surface area contributed by atoms with Gasteiger partial charge in [0.25, 0.3) is 0 Å². The number of benzene rings is 2. The first-order valence-electron chi connectivity index (χ1n) is 7.93. The SMILES string of the molecule is O=C(NCc1ccc2nsnc2c1)C1(c2ccc(Cl)cc2)CCC1. The number of aromatic nitrogens is 2. The van der Waals surface area contributed by atoms with Gasteiger partial charge in [-0.05, 0) is 48.2 Å². The summed E-state index contributed by atoms with van der Waals surface area (Å²) in [6.45, 7) is 0.502. The van der Waals surface area contributed by atoms with Crippen molar-refractivity contribution in [3.05, 3.63) is 58.6 Å². The largest absolute Gasteiger partial charge is 0.351 e. The highest BCUT2D eigenvalue weighted by Gasteiger charge is 2.45. The molecule has 0 radical (unpaired) electrons. The fourth-order valence-electron chi connectivity index (χ4n) is 3.24. The molecule has 4 rings (SSSR count). The van der Waals surface area contributed by atoms with E-state index in [1.807, 2.05) is 42.5 Å². The molecule has 1 fully saturated rings. The van der Waals surface area contributed by atoms with Gasteiger partial charge in [-0.25, -0.2) is 0 Å². The zero-order valence-corrected chi connectivity index (χ0v) is 14.5. The Morgan fingerprint density at radius 1 is 1.12 bits per heavy atom. The summed E-state index contributed by atoms with van der Waals surface area (Å²) in [6, 6.07) is 13.6. The number of halogens is 1. The predicted octanol–water partition coefficient (Wildman–Crippen LogP) is 4.08. The first-order chi connectivity index (χ1) is 11.7.